The molecule has 0 bridgehead atoms. The van der Waals surface area contributed by atoms with Crippen LogP contribution < -0.4 is 10.6 Å². The molecule has 1 saturated carbocycles. The van der Waals surface area contributed by atoms with Gasteiger partial charge in [-0.3, -0.25) is 4.98 Å². The molecule has 0 aromatic carbocycles. The summed E-state index contributed by atoms with van der Waals surface area (Å²) in [6.07, 6.45) is 11.0. The Kier molecular flexibility index (Phi) is 5.16. The summed E-state index contributed by atoms with van der Waals surface area (Å²) in [7, 11) is 0. The summed E-state index contributed by atoms with van der Waals surface area (Å²) in [6, 6.07) is 4.08. The number of ether oxygens (including phenoxy) is 1. The van der Waals surface area contributed by atoms with Crippen LogP contribution in [0.1, 0.15) is 63.5 Å². The van der Waals surface area contributed by atoms with Gasteiger partial charge in [0.1, 0.15) is 0 Å². The molecule has 1 aromatic rings. The van der Waals surface area contributed by atoms with Crippen molar-refractivity contribution in [1.82, 2.24) is 15.6 Å². The van der Waals surface area contributed by atoms with Crippen LogP contribution in [0.4, 0.5) is 4.79 Å². The Morgan fingerprint density at radius 1 is 1.39 bits per heavy atom. The fourth-order valence-corrected chi connectivity index (χ4v) is 3.92. The van der Waals surface area contributed by atoms with Crippen molar-refractivity contribution < 1.29 is 9.53 Å². The summed E-state index contributed by atoms with van der Waals surface area (Å²) in [6.45, 7) is 2.83. The summed E-state index contributed by atoms with van der Waals surface area (Å²) >= 11 is 0. The van der Waals surface area contributed by atoms with Crippen LogP contribution in [-0.4, -0.2) is 29.3 Å². The standard InChI is InChI=1S/C18H27N3O2/c1-2-16(14-5-10-19-11-6-14)21-17(22)20-15-7-12-23-18(13-15)8-3-4-9-18/h5-6,10-11,15-16H,2-4,7-9,12-13H2,1H3,(H2,20,21,22)/t15-,16-/m0/s1. The average molecular weight is 317 g/mol. The molecule has 0 unspecified atom stereocenters. The van der Waals surface area contributed by atoms with Crippen LogP contribution in [0.5, 0.6) is 0 Å². The zero-order valence-corrected chi connectivity index (χ0v) is 13.9. The molecule has 5 heteroatoms. The van der Waals surface area contributed by atoms with Gasteiger partial charge in [-0.2, -0.15) is 0 Å². The molecule has 0 radical (unpaired) electrons. The zero-order chi connectivity index (χ0) is 16.1. The minimum Gasteiger partial charge on any atom is -0.375 e. The Bertz CT molecular complexity index is 514. The van der Waals surface area contributed by atoms with Crippen molar-refractivity contribution in [3.63, 3.8) is 0 Å². The highest BCUT2D eigenvalue weighted by atomic mass is 16.5. The van der Waals surface area contributed by atoms with Gasteiger partial charge in [0.05, 0.1) is 11.6 Å². The van der Waals surface area contributed by atoms with Gasteiger partial charge >= 0.3 is 6.03 Å². The summed E-state index contributed by atoms with van der Waals surface area (Å²) in [5, 5.41) is 6.25. The van der Waals surface area contributed by atoms with Crippen LogP contribution in [0.25, 0.3) is 0 Å². The Hall–Kier alpha value is -1.62. The van der Waals surface area contributed by atoms with Crippen LogP contribution in [0.3, 0.4) is 0 Å². The van der Waals surface area contributed by atoms with Crippen molar-refractivity contribution in [3.05, 3.63) is 30.1 Å². The first-order valence-corrected chi connectivity index (χ1v) is 8.82. The average Bonchev–Trinajstić information content (AvgIpc) is 3.01. The van der Waals surface area contributed by atoms with E-state index in [-0.39, 0.29) is 23.7 Å². The predicted molar refractivity (Wildman–Crippen MR) is 89.1 cm³/mol. The third-order valence-electron chi connectivity index (χ3n) is 5.17. The highest BCUT2D eigenvalue weighted by molar-refractivity contribution is 5.74. The lowest BCUT2D eigenvalue weighted by molar-refractivity contribution is -0.0820. The second kappa shape index (κ2) is 7.30. The first-order chi connectivity index (χ1) is 11.2. The Labute approximate surface area is 138 Å². The minimum absolute atomic E-state index is 0.0262. The molecule has 1 aliphatic carbocycles. The molecular formula is C18H27N3O2. The molecule has 2 heterocycles. The monoisotopic (exact) mass is 317 g/mol. The third kappa shape index (κ3) is 4.02. The number of rotatable bonds is 4. The van der Waals surface area contributed by atoms with Gasteiger partial charge in [-0.25, -0.2) is 4.79 Å². The van der Waals surface area contributed by atoms with E-state index in [1.807, 2.05) is 12.1 Å². The molecule has 2 N–H and O–H groups in total. The van der Waals surface area contributed by atoms with Crippen molar-refractivity contribution in [2.75, 3.05) is 6.61 Å². The number of nitrogens with one attached hydrogen (secondary N) is 2. The van der Waals surface area contributed by atoms with Crippen molar-refractivity contribution in [1.29, 1.82) is 0 Å². The molecule has 2 fully saturated rings. The lowest BCUT2D eigenvalue weighted by Gasteiger charge is -2.38. The Morgan fingerprint density at radius 2 is 2.13 bits per heavy atom. The first-order valence-electron chi connectivity index (χ1n) is 8.82. The molecule has 2 atom stereocenters. The molecule has 1 aliphatic heterocycles. The quantitative estimate of drug-likeness (QED) is 0.895. The molecular weight excluding hydrogens is 290 g/mol. The topological polar surface area (TPSA) is 63.2 Å². The number of urea groups is 1. The molecule has 1 saturated heterocycles. The molecule has 126 valence electrons. The number of nitrogens with zero attached hydrogens (tertiary/aromatic N) is 1. The molecule has 5 nitrogen and oxygen atoms in total. The Balaban J connectivity index is 1.54. The Morgan fingerprint density at radius 3 is 2.83 bits per heavy atom. The van der Waals surface area contributed by atoms with Crippen molar-refractivity contribution in [2.24, 2.45) is 0 Å². The molecule has 3 rings (SSSR count). The van der Waals surface area contributed by atoms with E-state index in [2.05, 4.69) is 22.5 Å². The van der Waals surface area contributed by atoms with Crippen LogP contribution in [0.15, 0.2) is 24.5 Å². The van der Waals surface area contributed by atoms with Gasteiger partial charge in [0.2, 0.25) is 0 Å². The maximum absolute atomic E-state index is 12.4. The fraction of sp³-hybridized carbons (Fsp3) is 0.667. The normalized spacial score (nSPS) is 24.3. The number of amides is 2. The SMILES string of the molecule is CC[C@H](NC(=O)N[C@H]1CCOC2(CCCC2)C1)c1ccncc1. The number of carbonyl (C=O) groups is 1. The van der Waals surface area contributed by atoms with Crippen LogP contribution in [0.2, 0.25) is 0 Å². The van der Waals surface area contributed by atoms with Gasteiger partial charge in [-0.1, -0.05) is 19.8 Å². The van der Waals surface area contributed by atoms with Crippen molar-refractivity contribution in [3.8, 4) is 0 Å². The van der Waals surface area contributed by atoms with Gasteiger partial charge in [0.15, 0.2) is 0 Å². The van der Waals surface area contributed by atoms with Crippen LogP contribution in [0, 0.1) is 0 Å². The molecule has 1 spiro atoms. The summed E-state index contributed by atoms with van der Waals surface area (Å²) in [4.78, 5) is 16.4. The van der Waals surface area contributed by atoms with Crippen LogP contribution >= 0.6 is 0 Å². The van der Waals surface area contributed by atoms with Crippen LogP contribution in [-0.2, 0) is 4.74 Å². The predicted octanol–water partition coefficient (Wildman–Crippen LogP) is 3.32. The van der Waals surface area contributed by atoms with E-state index in [1.165, 1.54) is 12.8 Å². The van der Waals surface area contributed by atoms with E-state index in [9.17, 15) is 4.79 Å². The van der Waals surface area contributed by atoms with Gasteiger partial charge in [0.25, 0.3) is 0 Å². The molecule has 2 amide bonds. The summed E-state index contributed by atoms with van der Waals surface area (Å²) in [5.41, 5.74) is 1.13. The number of hydrogen-bond donors (Lipinski definition) is 2. The summed E-state index contributed by atoms with van der Waals surface area (Å²) in [5.74, 6) is 0. The van der Waals surface area contributed by atoms with E-state index < -0.39 is 0 Å². The van der Waals surface area contributed by atoms with E-state index in [0.29, 0.717) is 0 Å². The van der Waals surface area contributed by atoms with Crippen molar-refractivity contribution >= 4 is 6.03 Å². The second-order valence-corrected chi connectivity index (χ2v) is 6.79. The van der Waals surface area contributed by atoms with E-state index in [4.69, 9.17) is 4.74 Å². The molecule has 2 aliphatic rings. The highest BCUT2D eigenvalue weighted by Crippen LogP contribution is 2.39. The minimum atomic E-state index is -0.0753. The first kappa shape index (κ1) is 16.2. The molecule has 1 aromatic heterocycles. The van der Waals surface area contributed by atoms with E-state index >= 15 is 0 Å². The number of aromatic nitrogens is 1. The van der Waals surface area contributed by atoms with Gasteiger partial charge < -0.3 is 15.4 Å². The third-order valence-corrected chi connectivity index (χ3v) is 5.17. The number of pyridine rings is 1. The zero-order valence-electron chi connectivity index (χ0n) is 13.9. The largest absolute Gasteiger partial charge is 0.375 e. The van der Waals surface area contributed by atoms with Gasteiger partial charge in [-0.15, -0.1) is 0 Å². The number of carbonyl (C=O) groups excluding carboxylic acids is 1. The highest BCUT2D eigenvalue weighted by Gasteiger charge is 2.40. The van der Waals surface area contributed by atoms with E-state index in [0.717, 1.165) is 44.3 Å². The maximum Gasteiger partial charge on any atom is 0.315 e. The fourth-order valence-electron chi connectivity index (χ4n) is 3.92. The van der Waals surface area contributed by atoms with E-state index in [1.54, 1.807) is 12.4 Å². The molecule has 23 heavy (non-hydrogen) atoms. The number of hydrogen-bond acceptors (Lipinski definition) is 3. The lowest BCUT2D eigenvalue weighted by atomic mass is 9.89. The lowest BCUT2D eigenvalue weighted by Crippen LogP contribution is -2.50. The second-order valence-electron chi connectivity index (χ2n) is 6.79. The smallest absolute Gasteiger partial charge is 0.315 e. The summed E-state index contributed by atoms with van der Waals surface area (Å²) < 4.78 is 6.03. The van der Waals surface area contributed by atoms with Crippen molar-refractivity contribution in [2.45, 2.75) is 69.6 Å². The maximum atomic E-state index is 12.4. The van der Waals surface area contributed by atoms with Gasteiger partial charge in [0, 0.05) is 25.0 Å². The van der Waals surface area contributed by atoms with Gasteiger partial charge in [-0.05, 0) is 49.8 Å².